The molecule has 0 saturated carbocycles. The van der Waals surface area contributed by atoms with Crippen LogP contribution in [0.3, 0.4) is 0 Å². The van der Waals surface area contributed by atoms with E-state index in [0.29, 0.717) is 37.4 Å². The van der Waals surface area contributed by atoms with Crippen LogP contribution in [-0.4, -0.2) is 85.2 Å². The number of amides is 2. The van der Waals surface area contributed by atoms with Crippen molar-refractivity contribution in [2.45, 2.75) is 37.9 Å². The minimum atomic E-state index is -4.06. The van der Waals surface area contributed by atoms with Gasteiger partial charge in [-0.1, -0.05) is 41.7 Å². The topological polar surface area (TPSA) is 141 Å². The fourth-order valence-corrected chi connectivity index (χ4v) is 6.88. The largest absolute Gasteiger partial charge is 0.375 e. The number of nitrogens with zero attached hydrogens (tertiary/aromatic N) is 3. The number of benzene rings is 1. The Hall–Kier alpha value is -3.52. The Morgan fingerprint density at radius 1 is 1.23 bits per heavy atom. The number of hydrogen-bond acceptors (Lipinski definition) is 7. The number of aromatic nitrogens is 1. The number of H-pyrrole nitrogens is 1. The summed E-state index contributed by atoms with van der Waals surface area (Å²) in [6, 6.07) is 11.2. The second-order valence-electron chi connectivity index (χ2n) is 9.89. The van der Waals surface area contributed by atoms with Crippen LogP contribution in [0.25, 0.3) is 0 Å². The Bertz CT molecular complexity index is 1370. The van der Waals surface area contributed by atoms with Crippen molar-refractivity contribution < 1.29 is 27.3 Å². The van der Waals surface area contributed by atoms with Crippen molar-refractivity contribution in [1.82, 2.24) is 24.9 Å². The first-order valence-corrected chi connectivity index (χ1v) is 14.4. The van der Waals surface area contributed by atoms with Crippen molar-refractivity contribution in [3.63, 3.8) is 0 Å². The third-order valence-electron chi connectivity index (χ3n) is 7.24. The molecule has 2 saturated heterocycles. The Morgan fingerprint density at radius 2 is 1.97 bits per heavy atom. The highest BCUT2D eigenvalue weighted by molar-refractivity contribution is 7.88. The zero-order chi connectivity index (χ0) is 28.2. The molecule has 0 spiro atoms. The zero-order valence-corrected chi connectivity index (χ0v) is 22.9. The third kappa shape index (κ3) is 6.06. The summed E-state index contributed by atoms with van der Waals surface area (Å²) < 4.78 is 32.5. The molecule has 0 bridgehead atoms. The fraction of sp³-hybridized carbons (Fsp3) is 0.423. The first-order chi connectivity index (χ1) is 18.6. The molecule has 0 radical (unpaired) electrons. The van der Waals surface area contributed by atoms with E-state index in [1.807, 2.05) is 6.92 Å². The Kier molecular flexibility index (Phi) is 8.54. The van der Waals surface area contributed by atoms with Gasteiger partial charge in [-0.2, -0.15) is 4.59 Å². The second-order valence-corrected chi connectivity index (χ2v) is 11.6. The van der Waals surface area contributed by atoms with Crippen LogP contribution in [0.4, 0.5) is 0 Å². The van der Waals surface area contributed by atoms with Crippen LogP contribution in [0, 0.1) is 0 Å². The normalized spacial score (nSPS) is 25.5. The van der Waals surface area contributed by atoms with Gasteiger partial charge < -0.3 is 19.9 Å². The predicted molar refractivity (Wildman–Crippen MR) is 144 cm³/mol. The molecule has 4 unspecified atom stereocenters. The van der Waals surface area contributed by atoms with Gasteiger partial charge in [-0.05, 0) is 31.5 Å². The van der Waals surface area contributed by atoms with Gasteiger partial charge in [-0.3, -0.25) is 19.3 Å². The van der Waals surface area contributed by atoms with Gasteiger partial charge >= 0.3 is 0 Å². The summed E-state index contributed by atoms with van der Waals surface area (Å²) in [5.41, 5.74) is 0.804. The molecule has 13 heteroatoms. The minimum Gasteiger partial charge on any atom is -0.375 e. The molecule has 39 heavy (non-hydrogen) atoms. The molecule has 12 nitrogen and oxygen atoms in total. The van der Waals surface area contributed by atoms with Crippen molar-refractivity contribution >= 4 is 22.3 Å². The lowest BCUT2D eigenvalue weighted by Crippen LogP contribution is -2.68. The van der Waals surface area contributed by atoms with Crippen LogP contribution < -0.4 is 15.7 Å². The molecule has 1 aromatic heterocycles. The molecule has 4 rings (SSSR count). The van der Waals surface area contributed by atoms with Crippen LogP contribution in [0.5, 0.6) is 0 Å². The zero-order valence-electron chi connectivity index (χ0n) is 22.1. The summed E-state index contributed by atoms with van der Waals surface area (Å²) in [7, 11) is -4.06. The number of hydrogen-bond donors (Lipinski definition) is 3. The molecule has 1 aromatic carbocycles. The van der Waals surface area contributed by atoms with Gasteiger partial charge in [-0.25, -0.2) is 8.42 Å². The number of ether oxygens (including phenoxy) is 1. The molecule has 2 aliphatic rings. The maximum atomic E-state index is 13.8. The summed E-state index contributed by atoms with van der Waals surface area (Å²) in [5, 5.41) is 2.60. The third-order valence-corrected chi connectivity index (χ3v) is 8.58. The van der Waals surface area contributed by atoms with Crippen LogP contribution in [0.1, 0.15) is 31.1 Å². The maximum Gasteiger partial charge on any atom is 0.280 e. The smallest absolute Gasteiger partial charge is 0.280 e. The molecule has 2 amide bonds. The number of quaternary nitrogens is 1. The molecule has 2 fully saturated rings. The number of aromatic amines is 1. The van der Waals surface area contributed by atoms with Crippen molar-refractivity contribution in [3.05, 3.63) is 82.4 Å². The summed E-state index contributed by atoms with van der Waals surface area (Å²) in [5.74, 6) is -0.630. The molecule has 0 aliphatic carbocycles. The molecule has 4 atom stereocenters. The van der Waals surface area contributed by atoms with Crippen LogP contribution in [0.2, 0.25) is 0 Å². The van der Waals surface area contributed by atoms with E-state index in [4.69, 9.17) is 4.74 Å². The van der Waals surface area contributed by atoms with Crippen molar-refractivity contribution in [2.24, 2.45) is 0 Å². The van der Waals surface area contributed by atoms with E-state index in [1.165, 1.54) is 6.20 Å². The lowest BCUT2D eigenvalue weighted by atomic mass is 10.1. The Morgan fingerprint density at radius 3 is 2.64 bits per heavy atom. The lowest BCUT2D eigenvalue weighted by molar-refractivity contribution is -0.989. The van der Waals surface area contributed by atoms with Crippen LogP contribution in [0.15, 0.2) is 65.7 Å². The summed E-state index contributed by atoms with van der Waals surface area (Å²) in [6.07, 6.45) is 0.814. The number of sulfonamides is 1. The van der Waals surface area contributed by atoms with Crippen LogP contribution >= 0.6 is 0 Å². The summed E-state index contributed by atoms with van der Waals surface area (Å²) >= 11 is 0. The predicted octanol–water partition coefficient (Wildman–Crippen LogP) is 0.394. The summed E-state index contributed by atoms with van der Waals surface area (Å²) in [4.78, 5) is 46.9. The highest BCUT2D eigenvalue weighted by Crippen LogP contribution is 2.43. The summed E-state index contributed by atoms with van der Waals surface area (Å²) in [6.45, 7) is 8.55. The van der Waals surface area contributed by atoms with Gasteiger partial charge in [0.1, 0.15) is 6.04 Å². The average molecular weight is 560 g/mol. The number of nitrogens with one attached hydrogen (secondary N) is 3. The van der Waals surface area contributed by atoms with E-state index >= 15 is 0 Å². The highest BCUT2D eigenvalue weighted by Gasteiger charge is 2.59. The number of morpholine rings is 1. The molecular formula is C26H35N6O6S+. The maximum absolute atomic E-state index is 13.8. The van der Waals surface area contributed by atoms with E-state index in [-0.39, 0.29) is 36.5 Å². The number of carbonyl (C=O) groups is 2. The first kappa shape index (κ1) is 28.5. The number of rotatable bonds is 10. The Labute approximate surface area is 227 Å². The van der Waals surface area contributed by atoms with E-state index < -0.39 is 32.4 Å². The van der Waals surface area contributed by atoms with E-state index in [2.05, 4.69) is 21.7 Å². The van der Waals surface area contributed by atoms with E-state index in [1.54, 1.807) is 59.2 Å². The van der Waals surface area contributed by atoms with Gasteiger partial charge in [0.05, 0.1) is 36.4 Å². The monoisotopic (exact) mass is 559 g/mol. The van der Waals surface area contributed by atoms with Crippen molar-refractivity contribution in [1.29, 1.82) is 0 Å². The van der Waals surface area contributed by atoms with E-state index in [0.717, 1.165) is 0 Å². The molecule has 210 valence electrons. The first-order valence-electron chi connectivity index (χ1n) is 12.7. The van der Waals surface area contributed by atoms with Gasteiger partial charge in [0, 0.05) is 19.3 Å². The van der Waals surface area contributed by atoms with Gasteiger partial charge in [0.25, 0.3) is 21.5 Å². The van der Waals surface area contributed by atoms with Crippen LogP contribution in [-0.2, 0) is 30.1 Å². The van der Waals surface area contributed by atoms with Gasteiger partial charge in [0.2, 0.25) is 12.6 Å². The highest BCUT2D eigenvalue weighted by atomic mass is 32.2. The number of pyridine rings is 1. The lowest BCUT2D eigenvalue weighted by Gasteiger charge is -2.42. The SMILES string of the molecule is C=C1C(C)[N+](CC(=O)N2CCOC(C)C2)(NS(=O)(=O)Cc2ccccc2)C(c2ccc[nH]c2=O)N1CNC=O. The Balaban J connectivity index is 1.84. The number of carbonyl (C=O) groups excluding carboxylic acids is 2. The standard InChI is InChI=1S/C26H34N6O6S/c1-19-14-30(12-13-38-19)24(34)15-32(29-39(36,37)16-22-8-5-4-6-9-22)21(3)20(2)31(17-27-18-33)26(32)23-10-7-11-28-25(23)35/h4-11,18-19,21,26,29H,2,12-17H2,1,3H3,(H-,27,28,33,35)/p+1. The average Bonchev–Trinajstić information content (AvgIpc) is 3.08. The molecule has 2 aliphatic heterocycles. The quantitative estimate of drug-likeness (QED) is 0.283. The molecule has 2 aromatic rings. The molecule has 3 heterocycles. The second kappa shape index (κ2) is 11.7. The van der Waals surface area contributed by atoms with Crippen molar-refractivity contribution in [2.75, 3.05) is 32.9 Å². The van der Waals surface area contributed by atoms with E-state index in [9.17, 15) is 22.8 Å². The van der Waals surface area contributed by atoms with Crippen molar-refractivity contribution in [3.8, 4) is 0 Å². The minimum absolute atomic E-state index is 0.0468. The van der Waals surface area contributed by atoms with Gasteiger partial charge in [0.15, 0.2) is 6.54 Å². The molecular weight excluding hydrogens is 524 g/mol. The fourth-order valence-electron chi connectivity index (χ4n) is 5.34. The molecule has 3 N–H and O–H groups in total. The van der Waals surface area contributed by atoms with Gasteiger partial charge in [-0.15, -0.1) is 0 Å².